The first kappa shape index (κ1) is 22.8. The van der Waals surface area contributed by atoms with E-state index in [0.29, 0.717) is 35.1 Å². The molecule has 0 spiro atoms. The summed E-state index contributed by atoms with van der Waals surface area (Å²) in [6.07, 6.45) is 3.50. The highest BCUT2D eigenvalue weighted by Gasteiger charge is 2.49. The number of hydrogen-bond donors (Lipinski definition) is 0. The zero-order valence-corrected chi connectivity index (χ0v) is 20.1. The summed E-state index contributed by atoms with van der Waals surface area (Å²) >= 11 is 0. The lowest BCUT2D eigenvalue weighted by Gasteiger charge is -2.37. The molecule has 186 valence electrons. The summed E-state index contributed by atoms with van der Waals surface area (Å²) in [5, 5.41) is 4.51. The molecule has 3 aliphatic rings. The van der Waals surface area contributed by atoms with Gasteiger partial charge in [-0.2, -0.15) is 18.3 Å². The first-order valence-electron chi connectivity index (χ1n) is 12.4. The second kappa shape index (κ2) is 8.21. The quantitative estimate of drug-likeness (QED) is 0.474. The van der Waals surface area contributed by atoms with Crippen LogP contribution in [0.4, 0.5) is 13.2 Å². The summed E-state index contributed by atoms with van der Waals surface area (Å²) in [7, 11) is 0. The molecule has 2 saturated carbocycles. The van der Waals surface area contributed by atoms with E-state index in [0.717, 1.165) is 36.2 Å². The summed E-state index contributed by atoms with van der Waals surface area (Å²) in [4.78, 5) is 19.0. The van der Waals surface area contributed by atoms with Crippen molar-refractivity contribution in [2.24, 2.45) is 5.92 Å². The van der Waals surface area contributed by atoms with Crippen LogP contribution in [0.15, 0.2) is 12.4 Å². The average molecular weight is 487 g/mol. The van der Waals surface area contributed by atoms with Crippen LogP contribution in [0.25, 0.3) is 11.2 Å². The minimum absolute atomic E-state index is 0.00470. The van der Waals surface area contributed by atoms with Crippen molar-refractivity contribution in [3.05, 3.63) is 40.9 Å². The number of aryl methyl sites for hydroxylation is 2. The van der Waals surface area contributed by atoms with Gasteiger partial charge in [0.05, 0.1) is 47.4 Å². The van der Waals surface area contributed by atoms with Crippen molar-refractivity contribution in [2.45, 2.75) is 95.6 Å². The molecule has 7 nitrogen and oxygen atoms in total. The van der Waals surface area contributed by atoms with Crippen molar-refractivity contribution in [3.8, 4) is 0 Å². The van der Waals surface area contributed by atoms with Gasteiger partial charge in [-0.15, -0.1) is 0 Å². The number of rotatable bonds is 4. The monoisotopic (exact) mass is 486 g/mol. The third kappa shape index (κ3) is 4.30. The van der Waals surface area contributed by atoms with E-state index in [1.165, 1.54) is 0 Å². The predicted molar refractivity (Wildman–Crippen MR) is 122 cm³/mol. The van der Waals surface area contributed by atoms with Crippen molar-refractivity contribution >= 4 is 11.2 Å². The highest BCUT2D eigenvalue weighted by Crippen LogP contribution is 2.50. The highest BCUT2D eigenvalue weighted by atomic mass is 19.4. The fraction of sp³-hybridized carbons (Fsp3) is 0.640. The first-order valence-corrected chi connectivity index (χ1v) is 12.4. The Hall–Kier alpha value is -2.62. The summed E-state index contributed by atoms with van der Waals surface area (Å²) < 4.78 is 47.9. The number of fused-ring (bicyclic) bond motifs is 1. The number of hydrogen-bond acceptors (Lipinski definition) is 6. The Morgan fingerprint density at radius 2 is 1.69 bits per heavy atom. The molecule has 1 aliphatic heterocycles. The molecule has 3 unspecified atom stereocenters. The molecule has 3 atom stereocenters. The molecular formula is C25H29F3N6O. The first-order chi connectivity index (χ1) is 16.7. The molecule has 3 aromatic rings. The Balaban J connectivity index is 1.34. The predicted octanol–water partition coefficient (Wildman–Crippen LogP) is 5.65. The molecule has 6 rings (SSSR count). The number of aromatic nitrogens is 6. The molecule has 0 aromatic carbocycles. The van der Waals surface area contributed by atoms with Crippen LogP contribution in [0.2, 0.25) is 0 Å². The summed E-state index contributed by atoms with van der Waals surface area (Å²) in [6, 6.07) is 0.500. The van der Waals surface area contributed by atoms with Crippen LogP contribution in [0.5, 0.6) is 0 Å². The van der Waals surface area contributed by atoms with Gasteiger partial charge in [-0.1, -0.05) is 0 Å². The van der Waals surface area contributed by atoms with E-state index < -0.39 is 12.1 Å². The van der Waals surface area contributed by atoms with Crippen molar-refractivity contribution < 1.29 is 17.9 Å². The zero-order valence-electron chi connectivity index (χ0n) is 20.1. The Bertz CT molecular complexity index is 1260. The Kier molecular flexibility index (Phi) is 5.36. The lowest BCUT2D eigenvalue weighted by atomic mass is 9.72. The Morgan fingerprint density at radius 1 is 0.943 bits per heavy atom. The summed E-state index contributed by atoms with van der Waals surface area (Å²) in [6.45, 7) is 5.77. The summed E-state index contributed by atoms with van der Waals surface area (Å²) in [5.41, 5.74) is 4.17. The van der Waals surface area contributed by atoms with Gasteiger partial charge in [0.15, 0.2) is 5.65 Å². The molecule has 0 bridgehead atoms. The van der Waals surface area contributed by atoms with E-state index in [9.17, 15) is 13.2 Å². The lowest BCUT2D eigenvalue weighted by Crippen LogP contribution is -2.35. The van der Waals surface area contributed by atoms with Crippen LogP contribution in [0, 0.1) is 19.8 Å². The van der Waals surface area contributed by atoms with Crippen LogP contribution < -0.4 is 0 Å². The van der Waals surface area contributed by atoms with Crippen molar-refractivity contribution in [3.63, 3.8) is 0 Å². The van der Waals surface area contributed by atoms with Crippen LogP contribution in [-0.4, -0.2) is 42.0 Å². The van der Waals surface area contributed by atoms with Crippen LogP contribution in [0.3, 0.4) is 0 Å². The minimum Gasteiger partial charge on any atom is -0.370 e. The maximum absolute atomic E-state index is 13.2. The molecule has 4 heterocycles. The van der Waals surface area contributed by atoms with E-state index >= 15 is 0 Å². The Labute approximate surface area is 201 Å². The van der Waals surface area contributed by atoms with E-state index in [1.54, 1.807) is 0 Å². The average Bonchev–Trinajstić information content (AvgIpc) is 3.48. The molecule has 0 amide bonds. The molecular weight excluding hydrogens is 457 g/mol. The second-order valence-electron chi connectivity index (χ2n) is 10.5. The standard InChI is InChI=1S/C25H29F3N6O/c1-12-6-16(9-20(35-12)17-10-29-34(11-17)19-4-5-19)23-32-21(15-7-18(8-15)25(26,27)28)22-24(33-23)31-14(3)13(2)30-22/h10-12,15-16,18-20H,4-9H2,1-3H3. The second-order valence-corrected chi connectivity index (χ2v) is 10.5. The normalized spacial score (nSPS) is 29.4. The lowest BCUT2D eigenvalue weighted by molar-refractivity contribution is -0.197. The molecule has 0 radical (unpaired) electrons. The van der Waals surface area contributed by atoms with Crippen LogP contribution in [-0.2, 0) is 4.74 Å². The SMILES string of the molecule is Cc1nc2nc(C3CC(C)OC(c4cnn(C5CC5)c4)C3)nc(C3CC(C(F)(F)F)C3)c2nc1C. The van der Waals surface area contributed by atoms with Gasteiger partial charge in [0.25, 0.3) is 0 Å². The molecule has 0 N–H and O–H groups in total. The topological polar surface area (TPSA) is 78.6 Å². The molecule has 10 heteroatoms. The van der Waals surface area contributed by atoms with Crippen molar-refractivity contribution in [1.29, 1.82) is 0 Å². The fourth-order valence-corrected chi connectivity index (χ4v) is 5.36. The van der Waals surface area contributed by atoms with Gasteiger partial charge >= 0.3 is 6.18 Å². The molecule has 3 aromatic heterocycles. The largest absolute Gasteiger partial charge is 0.391 e. The Morgan fingerprint density at radius 3 is 2.40 bits per heavy atom. The van der Waals surface area contributed by atoms with Gasteiger partial charge in [-0.05, 0) is 59.3 Å². The van der Waals surface area contributed by atoms with Gasteiger partial charge < -0.3 is 4.74 Å². The maximum atomic E-state index is 13.2. The van der Waals surface area contributed by atoms with Crippen LogP contribution >= 0.6 is 0 Å². The molecule has 2 aliphatic carbocycles. The molecule has 35 heavy (non-hydrogen) atoms. The van der Waals surface area contributed by atoms with E-state index in [2.05, 4.69) is 21.3 Å². The minimum atomic E-state index is -4.17. The smallest absolute Gasteiger partial charge is 0.370 e. The van der Waals surface area contributed by atoms with Crippen molar-refractivity contribution in [2.75, 3.05) is 0 Å². The highest BCUT2D eigenvalue weighted by molar-refractivity contribution is 5.73. The third-order valence-electron chi connectivity index (χ3n) is 7.77. The van der Waals surface area contributed by atoms with E-state index in [1.807, 2.05) is 31.6 Å². The summed E-state index contributed by atoms with van der Waals surface area (Å²) in [5.74, 6) is -0.920. The number of nitrogens with zero attached hydrogens (tertiary/aromatic N) is 6. The van der Waals surface area contributed by atoms with Gasteiger partial charge in [0.2, 0.25) is 0 Å². The van der Waals surface area contributed by atoms with Crippen molar-refractivity contribution in [1.82, 2.24) is 29.7 Å². The fourth-order valence-electron chi connectivity index (χ4n) is 5.36. The zero-order chi connectivity index (χ0) is 24.5. The van der Waals surface area contributed by atoms with E-state index in [4.69, 9.17) is 14.7 Å². The van der Waals surface area contributed by atoms with Gasteiger partial charge in [-0.25, -0.2) is 19.9 Å². The van der Waals surface area contributed by atoms with Gasteiger partial charge in [0, 0.05) is 23.6 Å². The van der Waals surface area contributed by atoms with Crippen LogP contribution in [0.1, 0.15) is 97.9 Å². The van der Waals surface area contributed by atoms with Gasteiger partial charge in [-0.3, -0.25) is 4.68 Å². The number of halogens is 3. The van der Waals surface area contributed by atoms with E-state index in [-0.39, 0.29) is 36.9 Å². The number of alkyl halides is 3. The number of ether oxygens (including phenoxy) is 1. The third-order valence-corrected chi connectivity index (χ3v) is 7.77. The molecule has 3 fully saturated rings. The van der Waals surface area contributed by atoms with Gasteiger partial charge in [0.1, 0.15) is 11.3 Å². The molecule has 1 saturated heterocycles. The maximum Gasteiger partial charge on any atom is 0.391 e.